The molecule has 0 heterocycles. The van der Waals surface area contributed by atoms with Crippen LogP contribution >= 0.6 is 0 Å². The van der Waals surface area contributed by atoms with Gasteiger partial charge in [-0.1, -0.05) is 0 Å². The molecule has 0 amide bonds. The van der Waals surface area contributed by atoms with Crippen LogP contribution in [0.1, 0.15) is 13.8 Å². The highest BCUT2D eigenvalue weighted by molar-refractivity contribution is 4.51. The molecular formula is C7H16O3. The maximum Gasteiger partial charge on any atom is 0.104 e. The van der Waals surface area contributed by atoms with Crippen LogP contribution < -0.4 is 0 Å². The number of aliphatic hydroxyl groups excluding tert-OH is 1. The largest absolute Gasteiger partial charge is 0.394 e. The van der Waals surface area contributed by atoms with Crippen LogP contribution in [0.4, 0.5) is 0 Å². The van der Waals surface area contributed by atoms with Crippen molar-refractivity contribution in [2.24, 2.45) is 0 Å². The fraction of sp³-hybridized carbons (Fsp3) is 1.00. The molecular weight excluding hydrogens is 132 g/mol. The van der Waals surface area contributed by atoms with Gasteiger partial charge in [0.25, 0.3) is 0 Å². The van der Waals surface area contributed by atoms with Crippen molar-refractivity contribution < 1.29 is 14.6 Å². The maximum atomic E-state index is 8.68. The van der Waals surface area contributed by atoms with Gasteiger partial charge in [-0.15, -0.1) is 0 Å². The molecule has 0 unspecified atom stereocenters. The monoisotopic (exact) mass is 148 g/mol. The summed E-state index contributed by atoms with van der Waals surface area (Å²) in [6.07, 6.45) is -0.148. The van der Waals surface area contributed by atoms with Crippen LogP contribution in [0.15, 0.2) is 0 Å². The third-order valence-corrected chi connectivity index (χ3v) is 1.11. The van der Waals surface area contributed by atoms with E-state index in [9.17, 15) is 0 Å². The van der Waals surface area contributed by atoms with Crippen molar-refractivity contribution in [2.75, 3.05) is 26.4 Å². The molecule has 0 radical (unpaired) electrons. The van der Waals surface area contributed by atoms with Gasteiger partial charge in [0.2, 0.25) is 0 Å². The second-order valence-corrected chi connectivity index (χ2v) is 1.92. The van der Waals surface area contributed by atoms with E-state index in [0.717, 1.165) is 0 Å². The van der Waals surface area contributed by atoms with E-state index in [1.165, 1.54) is 0 Å². The third-order valence-electron chi connectivity index (χ3n) is 1.11. The molecule has 0 aromatic carbocycles. The molecule has 0 fully saturated rings. The summed E-state index contributed by atoms with van der Waals surface area (Å²) in [6.45, 7) is 5.63. The Balaban J connectivity index is 3.21. The van der Waals surface area contributed by atoms with Crippen molar-refractivity contribution in [3.63, 3.8) is 0 Å². The van der Waals surface area contributed by atoms with Gasteiger partial charge in [0.05, 0.1) is 13.2 Å². The lowest BCUT2D eigenvalue weighted by atomic mass is 10.4. The Morgan fingerprint density at radius 3 is 2.40 bits per heavy atom. The SMILES string of the molecule is CCOC[C@H](CO)OCC. The topological polar surface area (TPSA) is 38.7 Å². The van der Waals surface area contributed by atoms with Gasteiger partial charge in [0.15, 0.2) is 0 Å². The zero-order valence-electron chi connectivity index (χ0n) is 6.67. The number of rotatable bonds is 6. The average molecular weight is 148 g/mol. The smallest absolute Gasteiger partial charge is 0.104 e. The van der Waals surface area contributed by atoms with Crippen LogP contribution in [-0.4, -0.2) is 37.6 Å². The first-order chi connectivity index (χ1) is 4.85. The van der Waals surface area contributed by atoms with Gasteiger partial charge >= 0.3 is 0 Å². The second kappa shape index (κ2) is 6.99. The Morgan fingerprint density at radius 1 is 1.30 bits per heavy atom. The standard InChI is InChI=1S/C7H16O3/c1-3-9-6-7(5-8)10-4-2/h7-8H,3-6H2,1-2H3/t7-/m0/s1. The molecule has 10 heavy (non-hydrogen) atoms. The van der Waals surface area contributed by atoms with Crippen molar-refractivity contribution in [3.05, 3.63) is 0 Å². The fourth-order valence-corrected chi connectivity index (χ4v) is 0.639. The van der Waals surface area contributed by atoms with Crippen molar-refractivity contribution >= 4 is 0 Å². The molecule has 1 N–H and O–H groups in total. The summed E-state index contributed by atoms with van der Waals surface area (Å²) >= 11 is 0. The maximum absolute atomic E-state index is 8.68. The Bertz CT molecular complexity index is 65.9. The summed E-state index contributed by atoms with van der Waals surface area (Å²) < 4.78 is 10.2. The molecule has 3 nitrogen and oxygen atoms in total. The normalized spacial score (nSPS) is 13.5. The summed E-state index contributed by atoms with van der Waals surface area (Å²) in [6, 6.07) is 0. The van der Waals surface area contributed by atoms with E-state index < -0.39 is 0 Å². The van der Waals surface area contributed by atoms with Crippen molar-refractivity contribution in [2.45, 2.75) is 20.0 Å². The van der Waals surface area contributed by atoms with E-state index in [4.69, 9.17) is 14.6 Å². The first-order valence-electron chi connectivity index (χ1n) is 3.65. The van der Waals surface area contributed by atoms with E-state index in [0.29, 0.717) is 19.8 Å². The average Bonchev–Trinajstić information content (AvgIpc) is 1.98. The molecule has 0 saturated carbocycles. The molecule has 0 aliphatic rings. The fourth-order valence-electron chi connectivity index (χ4n) is 0.639. The van der Waals surface area contributed by atoms with Crippen LogP contribution in [0.25, 0.3) is 0 Å². The Labute approximate surface area is 62.0 Å². The molecule has 3 heteroatoms. The van der Waals surface area contributed by atoms with Gasteiger partial charge in [-0.2, -0.15) is 0 Å². The summed E-state index contributed by atoms with van der Waals surface area (Å²) in [7, 11) is 0. The van der Waals surface area contributed by atoms with Gasteiger partial charge in [0, 0.05) is 13.2 Å². The van der Waals surface area contributed by atoms with Gasteiger partial charge in [-0.25, -0.2) is 0 Å². The predicted molar refractivity (Wildman–Crippen MR) is 39.0 cm³/mol. The first kappa shape index (κ1) is 9.88. The molecule has 0 aromatic rings. The van der Waals surface area contributed by atoms with Crippen LogP contribution in [0.5, 0.6) is 0 Å². The zero-order valence-corrected chi connectivity index (χ0v) is 6.67. The first-order valence-corrected chi connectivity index (χ1v) is 3.65. The van der Waals surface area contributed by atoms with Gasteiger partial charge in [0.1, 0.15) is 6.10 Å². The van der Waals surface area contributed by atoms with Crippen LogP contribution in [0, 0.1) is 0 Å². The minimum absolute atomic E-state index is 0.0356. The van der Waals surface area contributed by atoms with Crippen LogP contribution in [0.2, 0.25) is 0 Å². The van der Waals surface area contributed by atoms with Crippen LogP contribution in [0.3, 0.4) is 0 Å². The van der Waals surface area contributed by atoms with E-state index in [1.54, 1.807) is 0 Å². The van der Waals surface area contributed by atoms with Crippen LogP contribution in [-0.2, 0) is 9.47 Å². The van der Waals surface area contributed by atoms with Gasteiger partial charge < -0.3 is 14.6 Å². The van der Waals surface area contributed by atoms with Gasteiger partial charge in [-0.05, 0) is 13.8 Å². The number of hydrogen-bond acceptors (Lipinski definition) is 3. The van der Waals surface area contributed by atoms with Crippen molar-refractivity contribution in [1.29, 1.82) is 0 Å². The predicted octanol–water partition coefficient (Wildman–Crippen LogP) is 0.420. The van der Waals surface area contributed by atoms with E-state index in [2.05, 4.69) is 0 Å². The lowest BCUT2D eigenvalue weighted by molar-refractivity contribution is -0.0353. The highest BCUT2D eigenvalue weighted by Crippen LogP contribution is 1.91. The minimum Gasteiger partial charge on any atom is -0.394 e. The molecule has 0 aliphatic heterocycles. The minimum atomic E-state index is -0.148. The molecule has 0 aromatic heterocycles. The Kier molecular flexibility index (Phi) is 6.91. The molecule has 62 valence electrons. The zero-order chi connectivity index (χ0) is 7.82. The summed E-state index contributed by atoms with van der Waals surface area (Å²) in [4.78, 5) is 0. The molecule has 0 spiro atoms. The number of hydrogen-bond donors (Lipinski definition) is 1. The summed E-state index contributed by atoms with van der Waals surface area (Å²) in [5.74, 6) is 0. The molecule has 0 aliphatic carbocycles. The van der Waals surface area contributed by atoms with E-state index in [1.807, 2.05) is 13.8 Å². The molecule has 1 atom stereocenters. The Morgan fingerprint density at radius 2 is 2.00 bits per heavy atom. The lowest BCUT2D eigenvalue weighted by Gasteiger charge is -2.12. The summed E-state index contributed by atoms with van der Waals surface area (Å²) in [5.41, 5.74) is 0. The number of aliphatic hydroxyl groups is 1. The molecule has 0 rings (SSSR count). The molecule has 0 bridgehead atoms. The van der Waals surface area contributed by atoms with Crippen molar-refractivity contribution in [1.82, 2.24) is 0 Å². The Hall–Kier alpha value is -0.120. The third kappa shape index (κ3) is 4.73. The number of ether oxygens (including phenoxy) is 2. The highest BCUT2D eigenvalue weighted by Gasteiger charge is 2.04. The lowest BCUT2D eigenvalue weighted by Crippen LogP contribution is -2.23. The second-order valence-electron chi connectivity index (χ2n) is 1.92. The molecule has 0 saturated heterocycles. The van der Waals surface area contributed by atoms with E-state index in [-0.39, 0.29) is 12.7 Å². The van der Waals surface area contributed by atoms with Crippen molar-refractivity contribution in [3.8, 4) is 0 Å². The quantitative estimate of drug-likeness (QED) is 0.593. The van der Waals surface area contributed by atoms with E-state index >= 15 is 0 Å². The van der Waals surface area contributed by atoms with Gasteiger partial charge in [-0.3, -0.25) is 0 Å². The summed E-state index contributed by atoms with van der Waals surface area (Å²) in [5, 5.41) is 8.68. The highest BCUT2D eigenvalue weighted by atomic mass is 16.5.